The molecule has 5 heteroatoms. The fourth-order valence-corrected chi connectivity index (χ4v) is 3.16. The molecule has 98 valence electrons. The second-order valence-corrected chi connectivity index (χ2v) is 5.85. The maximum absolute atomic E-state index is 12.5. The fraction of sp³-hybridized carbons (Fsp3) is 0.615. The van der Waals surface area contributed by atoms with Crippen molar-refractivity contribution < 1.29 is 9.90 Å². The van der Waals surface area contributed by atoms with Gasteiger partial charge in [0.25, 0.3) is 5.91 Å². The van der Waals surface area contributed by atoms with Gasteiger partial charge in [0.1, 0.15) is 5.69 Å². The minimum atomic E-state index is -0.624. The lowest BCUT2D eigenvalue weighted by Gasteiger charge is -2.28. The van der Waals surface area contributed by atoms with Gasteiger partial charge in [0.2, 0.25) is 0 Å². The monoisotopic (exact) mass is 268 g/mol. The summed E-state index contributed by atoms with van der Waals surface area (Å²) >= 11 is 5.91. The van der Waals surface area contributed by atoms with Gasteiger partial charge in [0.05, 0.1) is 16.7 Å². The summed E-state index contributed by atoms with van der Waals surface area (Å²) in [5, 5.41) is 10.8. The quantitative estimate of drug-likeness (QED) is 0.889. The van der Waals surface area contributed by atoms with Crippen molar-refractivity contribution in [3.63, 3.8) is 0 Å². The molecule has 1 amide bonds. The molecular formula is C13H17ClN2O2. The second-order valence-electron chi connectivity index (χ2n) is 5.41. The highest BCUT2D eigenvalue weighted by atomic mass is 35.5. The lowest BCUT2D eigenvalue weighted by molar-refractivity contribution is 0.0380. The zero-order valence-corrected chi connectivity index (χ0v) is 11.2. The van der Waals surface area contributed by atoms with Gasteiger partial charge in [-0.3, -0.25) is 4.79 Å². The van der Waals surface area contributed by atoms with E-state index in [4.69, 9.17) is 11.6 Å². The topological polar surface area (TPSA) is 45.5 Å². The van der Waals surface area contributed by atoms with Gasteiger partial charge in [-0.05, 0) is 31.7 Å². The van der Waals surface area contributed by atoms with E-state index >= 15 is 0 Å². The molecule has 1 aromatic rings. The number of hydrogen-bond donors (Lipinski definition) is 1. The summed E-state index contributed by atoms with van der Waals surface area (Å²) < 4.78 is 1.75. The van der Waals surface area contributed by atoms with Gasteiger partial charge in [-0.2, -0.15) is 0 Å². The van der Waals surface area contributed by atoms with Gasteiger partial charge in [-0.1, -0.05) is 11.6 Å². The minimum Gasteiger partial charge on any atom is -0.388 e. The highest BCUT2D eigenvalue weighted by molar-refractivity contribution is 6.31. The normalized spacial score (nSPS) is 25.5. The second kappa shape index (κ2) is 4.00. The highest BCUT2D eigenvalue weighted by Gasteiger charge is 2.52. The first-order chi connectivity index (χ1) is 8.51. The Labute approximate surface area is 111 Å². The third-order valence-corrected chi connectivity index (χ3v) is 4.29. The van der Waals surface area contributed by atoms with E-state index in [0.29, 0.717) is 10.7 Å². The van der Waals surface area contributed by atoms with E-state index < -0.39 is 5.60 Å². The number of likely N-dealkylation sites (tertiary alicyclic amines) is 1. The molecule has 0 spiro atoms. The molecule has 1 atom stereocenters. The molecule has 4 nitrogen and oxygen atoms in total. The maximum atomic E-state index is 12.5. The van der Waals surface area contributed by atoms with Crippen molar-refractivity contribution in [2.75, 3.05) is 6.54 Å². The summed E-state index contributed by atoms with van der Waals surface area (Å²) in [6.45, 7) is 0.731. The molecule has 1 unspecified atom stereocenters. The van der Waals surface area contributed by atoms with E-state index in [1.165, 1.54) is 0 Å². The van der Waals surface area contributed by atoms with Crippen LogP contribution in [0.5, 0.6) is 0 Å². The molecule has 1 aliphatic carbocycles. The van der Waals surface area contributed by atoms with E-state index in [-0.39, 0.29) is 11.9 Å². The zero-order valence-electron chi connectivity index (χ0n) is 10.4. The molecule has 0 aromatic carbocycles. The zero-order chi connectivity index (χ0) is 12.9. The summed E-state index contributed by atoms with van der Waals surface area (Å²) in [5.41, 5.74) is -0.0302. The summed E-state index contributed by atoms with van der Waals surface area (Å²) in [7, 11) is 1.82. The molecule has 0 bridgehead atoms. The van der Waals surface area contributed by atoms with Gasteiger partial charge in [-0.15, -0.1) is 0 Å². The van der Waals surface area contributed by atoms with Crippen LogP contribution in [0.25, 0.3) is 0 Å². The van der Waals surface area contributed by atoms with E-state index in [1.807, 2.05) is 11.9 Å². The van der Waals surface area contributed by atoms with Crippen LogP contribution in [0.2, 0.25) is 5.02 Å². The third kappa shape index (κ3) is 1.84. The third-order valence-electron chi connectivity index (χ3n) is 4.09. The van der Waals surface area contributed by atoms with Crippen molar-refractivity contribution in [1.82, 2.24) is 9.47 Å². The number of aryl methyl sites for hydroxylation is 1. The smallest absolute Gasteiger partial charge is 0.270 e. The van der Waals surface area contributed by atoms with Crippen molar-refractivity contribution in [3.8, 4) is 0 Å². The van der Waals surface area contributed by atoms with Crippen LogP contribution in [-0.2, 0) is 7.05 Å². The molecule has 2 heterocycles. The molecular weight excluding hydrogens is 252 g/mol. The van der Waals surface area contributed by atoms with Crippen LogP contribution in [0.3, 0.4) is 0 Å². The molecule has 1 aliphatic heterocycles. The van der Waals surface area contributed by atoms with Crippen LogP contribution in [0.1, 0.15) is 36.2 Å². The molecule has 1 aromatic heterocycles. The van der Waals surface area contributed by atoms with E-state index in [1.54, 1.807) is 16.8 Å². The summed E-state index contributed by atoms with van der Waals surface area (Å²) in [5.74, 6) is -0.0211. The number of rotatable bonds is 2. The predicted molar refractivity (Wildman–Crippen MR) is 68.7 cm³/mol. The Hall–Kier alpha value is -1.00. The number of halogens is 1. The van der Waals surface area contributed by atoms with E-state index in [2.05, 4.69) is 0 Å². The Morgan fingerprint density at radius 1 is 1.56 bits per heavy atom. The van der Waals surface area contributed by atoms with Gasteiger partial charge in [0.15, 0.2) is 0 Å². The first-order valence-corrected chi connectivity index (χ1v) is 6.74. The Kier molecular flexibility index (Phi) is 2.68. The van der Waals surface area contributed by atoms with Crippen LogP contribution >= 0.6 is 11.6 Å². The van der Waals surface area contributed by atoms with Crippen molar-refractivity contribution in [3.05, 3.63) is 23.0 Å². The molecule has 1 N–H and O–H groups in total. The van der Waals surface area contributed by atoms with Crippen molar-refractivity contribution in [2.45, 2.75) is 37.3 Å². The molecule has 1 saturated heterocycles. The highest BCUT2D eigenvalue weighted by Crippen LogP contribution is 2.44. The van der Waals surface area contributed by atoms with Crippen LogP contribution in [0.15, 0.2) is 12.3 Å². The molecule has 1 saturated carbocycles. The predicted octanol–water partition coefficient (Wildman–Crippen LogP) is 1.81. The minimum absolute atomic E-state index is 0.0151. The van der Waals surface area contributed by atoms with E-state index in [9.17, 15) is 9.90 Å². The van der Waals surface area contributed by atoms with Gasteiger partial charge in [-0.25, -0.2) is 0 Å². The lowest BCUT2D eigenvalue weighted by Crippen LogP contribution is -2.44. The number of amides is 1. The molecule has 0 radical (unpaired) electrons. The number of carbonyl (C=O) groups excluding carboxylic acids is 1. The van der Waals surface area contributed by atoms with Crippen LogP contribution < -0.4 is 0 Å². The fourth-order valence-electron chi connectivity index (χ4n) is 2.91. The Balaban J connectivity index is 1.86. The molecule has 2 aliphatic rings. The lowest BCUT2D eigenvalue weighted by atomic mass is 10.1. The maximum Gasteiger partial charge on any atom is 0.270 e. The van der Waals surface area contributed by atoms with Crippen molar-refractivity contribution >= 4 is 17.5 Å². The number of aliphatic hydroxyl groups is 1. The molecule has 18 heavy (non-hydrogen) atoms. The van der Waals surface area contributed by atoms with Gasteiger partial charge in [0, 0.05) is 19.8 Å². The van der Waals surface area contributed by atoms with Gasteiger partial charge >= 0.3 is 0 Å². The van der Waals surface area contributed by atoms with Gasteiger partial charge < -0.3 is 14.6 Å². The average molecular weight is 269 g/mol. The summed E-state index contributed by atoms with van der Waals surface area (Å²) in [4.78, 5) is 14.3. The standard InChI is InChI=1S/C13H17ClN2O2/c1-15-8-9(14)7-10(15)12(17)16-6-2-3-11(16)13(18)4-5-13/h7-8,11,18H,2-6H2,1H3. The largest absolute Gasteiger partial charge is 0.388 e. The first kappa shape index (κ1) is 12.1. The van der Waals surface area contributed by atoms with E-state index in [0.717, 1.165) is 32.2 Å². The molecule has 3 rings (SSSR count). The van der Waals surface area contributed by atoms with Crippen molar-refractivity contribution in [1.29, 1.82) is 0 Å². The van der Waals surface area contributed by atoms with Crippen LogP contribution in [-0.4, -0.2) is 38.7 Å². The summed E-state index contributed by atoms with van der Waals surface area (Å²) in [6, 6.07) is 1.68. The first-order valence-electron chi connectivity index (χ1n) is 6.36. The number of nitrogens with zero attached hydrogens (tertiary/aromatic N) is 2. The Morgan fingerprint density at radius 3 is 2.83 bits per heavy atom. The Bertz CT molecular complexity index is 493. The Morgan fingerprint density at radius 2 is 2.28 bits per heavy atom. The SMILES string of the molecule is Cn1cc(Cl)cc1C(=O)N1CCCC1C1(O)CC1. The van der Waals surface area contributed by atoms with Crippen LogP contribution in [0, 0.1) is 0 Å². The average Bonchev–Trinajstić information content (AvgIpc) is 2.79. The van der Waals surface area contributed by atoms with Crippen molar-refractivity contribution in [2.24, 2.45) is 7.05 Å². The number of carbonyl (C=O) groups is 1. The summed E-state index contributed by atoms with van der Waals surface area (Å²) in [6.07, 6.45) is 5.23. The number of aromatic nitrogens is 1. The number of hydrogen-bond acceptors (Lipinski definition) is 2. The van der Waals surface area contributed by atoms with Crippen LogP contribution in [0.4, 0.5) is 0 Å². The molecule has 2 fully saturated rings.